The average Bonchev–Trinajstić information content (AvgIpc) is 2.96. The van der Waals surface area contributed by atoms with Crippen LogP contribution in [0, 0.1) is 5.92 Å². The van der Waals surface area contributed by atoms with Crippen molar-refractivity contribution < 1.29 is 9.32 Å². The molecule has 0 bridgehead atoms. The molecule has 3 atom stereocenters. The predicted molar refractivity (Wildman–Crippen MR) is 81.4 cm³/mol. The van der Waals surface area contributed by atoms with E-state index in [2.05, 4.69) is 15.2 Å². The lowest BCUT2D eigenvalue weighted by atomic mass is 10.1. The van der Waals surface area contributed by atoms with Gasteiger partial charge in [0.25, 0.3) is 0 Å². The molecule has 23 heavy (non-hydrogen) atoms. The Hall–Kier alpha value is -2.18. The Morgan fingerprint density at radius 1 is 1.48 bits per heavy atom. The van der Waals surface area contributed by atoms with Crippen molar-refractivity contribution in [3.63, 3.8) is 0 Å². The zero-order valence-corrected chi connectivity index (χ0v) is 13.5. The number of aromatic nitrogens is 4. The van der Waals surface area contributed by atoms with Crippen LogP contribution in [0.5, 0.6) is 0 Å². The largest absolute Gasteiger partial charge is 0.339 e. The zero-order valence-electron chi connectivity index (χ0n) is 13.5. The highest BCUT2D eigenvalue weighted by molar-refractivity contribution is 5.83. The van der Waals surface area contributed by atoms with Crippen molar-refractivity contribution in [1.82, 2.24) is 24.8 Å². The summed E-state index contributed by atoms with van der Waals surface area (Å²) in [5.74, 6) is 1.92. The lowest BCUT2D eigenvalue weighted by Crippen LogP contribution is -2.32. The smallest absolute Gasteiger partial charge is 0.226 e. The SMILES string of the molecule is CCc1nc([C@@H]2CCCN2C(=O)[C@H]2C[C@@H]2c2cnn(C)c2)no1. The minimum Gasteiger partial charge on any atom is -0.339 e. The fraction of sp³-hybridized carbons (Fsp3) is 0.625. The molecule has 1 saturated heterocycles. The Balaban J connectivity index is 1.47. The summed E-state index contributed by atoms with van der Waals surface area (Å²) < 4.78 is 7.00. The molecular formula is C16H21N5O2. The summed E-state index contributed by atoms with van der Waals surface area (Å²) in [6.07, 6.45) is 7.42. The number of amides is 1. The number of carbonyl (C=O) groups is 1. The molecule has 7 heteroatoms. The number of rotatable bonds is 4. The third-order valence-corrected chi connectivity index (χ3v) is 4.88. The van der Waals surface area contributed by atoms with E-state index in [1.54, 1.807) is 4.68 Å². The van der Waals surface area contributed by atoms with Crippen molar-refractivity contribution in [1.29, 1.82) is 0 Å². The van der Waals surface area contributed by atoms with Crippen molar-refractivity contribution in [2.75, 3.05) is 6.54 Å². The van der Waals surface area contributed by atoms with Gasteiger partial charge in [-0.2, -0.15) is 10.1 Å². The van der Waals surface area contributed by atoms with Gasteiger partial charge in [-0.25, -0.2) is 0 Å². The number of nitrogens with zero attached hydrogens (tertiary/aromatic N) is 5. The number of aryl methyl sites for hydroxylation is 2. The summed E-state index contributed by atoms with van der Waals surface area (Å²) in [5, 5.41) is 8.27. The Labute approximate surface area is 134 Å². The van der Waals surface area contributed by atoms with E-state index < -0.39 is 0 Å². The molecule has 2 aliphatic rings. The first-order valence-corrected chi connectivity index (χ1v) is 8.29. The molecule has 0 spiro atoms. The Bertz CT molecular complexity index is 722. The number of likely N-dealkylation sites (tertiary alicyclic amines) is 1. The van der Waals surface area contributed by atoms with E-state index in [0.717, 1.165) is 37.8 Å². The summed E-state index contributed by atoms with van der Waals surface area (Å²) in [6.45, 7) is 2.77. The Morgan fingerprint density at radius 2 is 2.35 bits per heavy atom. The quantitative estimate of drug-likeness (QED) is 0.860. The molecular weight excluding hydrogens is 294 g/mol. The van der Waals surface area contributed by atoms with Crippen molar-refractivity contribution >= 4 is 5.91 Å². The van der Waals surface area contributed by atoms with Crippen LogP contribution in [0.25, 0.3) is 0 Å². The normalized spacial score (nSPS) is 26.7. The molecule has 1 saturated carbocycles. The van der Waals surface area contributed by atoms with E-state index in [1.165, 1.54) is 0 Å². The molecule has 7 nitrogen and oxygen atoms in total. The third kappa shape index (κ3) is 2.54. The Kier molecular flexibility index (Phi) is 3.43. The molecule has 3 heterocycles. The molecule has 1 aliphatic carbocycles. The summed E-state index contributed by atoms with van der Waals surface area (Å²) >= 11 is 0. The fourth-order valence-corrected chi connectivity index (χ4v) is 3.53. The Morgan fingerprint density at radius 3 is 3.04 bits per heavy atom. The second kappa shape index (κ2) is 5.47. The van der Waals surface area contributed by atoms with E-state index in [0.29, 0.717) is 17.6 Å². The monoisotopic (exact) mass is 315 g/mol. The maximum atomic E-state index is 12.9. The molecule has 122 valence electrons. The van der Waals surface area contributed by atoms with Crippen molar-refractivity contribution in [2.24, 2.45) is 13.0 Å². The van der Waals surface area contributed by atoms with Crippen molar-refractivity contribution in [3.8, 4) is 0 Å². The van der Waals surface area contributed by atoms with Crippen LogP contribution in [0.3, 0.4) is 0 Å². The molecule has 2 aromatic rings. The molecule has 0 unspecified atom stereocenters. The molecule has 2 fully saturated rings. The standard InChI is InChI=1S/C16H21N5O2/c1-3-14-18-15(19-23-14)13-5-4-6-21(13)16(22)12-7-11(12)10-8-17-20(2)9-10/h8-9,11-13H,3-7H2,1-2H3/t11-,12+,13+/m1/s1. The van der Waals surface area contributed by atoms with Crippen LogP contribution in [-0.4, -0.2) is 37.3 Å². The lowest BCUT2D eigenvalue weighted by Gasteiger charge is -2.22. The van der Waals surface area contributed by atoms with Crippen molar-refractivity contribution in [3.05, 3.63) is 29.7 Å². The van der Waals surface area contributed by atoms with Gasteiger partial charge in [0.1, 0.15) is 0 Å². The van der Waals surface area contributed by atoms with Gasteiger partial charge < -0.3 is 9.42 Å². The van der Waals surface area contributed by atoms with Gasteiger partial charge >= 0.3 is 0 Å². The first-order chi connectivity index (χ1) is 11.2. The number of carbonyl (C=O) groups excluding carboxylic acids is 1. The van der Waals surface area contributed by atoms with Gasteiger partial charge in [0.2, 0.25) is 11.8 Å². The van der Waals surface area contributed by atoms with Crippen LogP contribution in [0.15, 0.2) is 16.9 Å². The summed E-state index contributed by atoms with van der Waals surface area (Å²) in [6, 6.07) is -0.0262. The van der Waals surface area contributed by atoms with E-state index in [-0.39, 0.29) is 17.9 Å². The minimum absolute atomic E-state index is 0.0262. The maximum Gasteiger partial charge on any atom is 0.226 e. The predicted octanol–water partition coefficient (Wildman–Crippen LogP) is 1.83. The minimum atomic E-state index is -0.0262. The second-order valence-corrected chi connectivity index (χ2v) is 6.49. The summed E-state index contributed by atoms with van der Waals surface area (Å²) in [4.78, 5) is 19.2. The van der Waals surface area contributed by atoms with Gasteiger partial charge in [-0.1, -0.05) is 12.1 Å². The van der Waals surface area contributed by atoms with Gasteiger partial charge in [-0.3, -0.25) is 9.48 Å². The summed E-state index contributed by atoms with van der Waals surface area (Å²) in [7, 11) is 1.90. The van der Waals surface area contributed by atoms with Gasteiger partial charge in [0, 0.05) is 32.1 Å². The first-order valence-electron chi connectivity index (χ1n) is 8.29. The van der Waals surface area contributed by atoms with Crippen LogP contribution < -0.4 is 0 Å². The molecule has 1 amide bonds. The molecule has 0 aromatic carbocycles. The highest BCUT2D eigenvalue weighted by Crippen LogP contribution is 2.49. The molecule has 1 aliphatic heterocycles. The lowest BCUT2D eigenvalue weighted by molar-refractivity contribution is -0.133. The zero-order chi connectivity index (χ0) is 16.0. The highest BCUT2D eigenvalue weighted by atomic mass is 16.5. The van der Waals surface area contributed by atoms with E-state index >= 15 is 0 Å². The van der Waals surface area contributed by atoms with E-state index in [4.69, 9.17) is 4.52 Å². The first kappa shape index (κ1) is 14.4. The van der Waals surface area contributed by atoms with Crippen molar-refractivity contribution in [2.45, 2.75) is 44.6 Å². The van der Waals surface area contributed by atoms with Crippen LogP contribution in [-0.2, 0) is 18.3 Å². The molecule has 0 radical (unpaired) electrons. The van der Waals surface area contributed by atoms with E-state index in [9.17, 15) is 4.79 Å². The fourth-order valence-electron chi connectivity index (χ4n) is 3.53. The van der Waals surface area contributed by atoms with Gasteiger partial charge in [0.15, 0.2) is 5.82 Å². The van der Waals surface area contributed by atoms with Crippen LogP contribution in [0.2, 0.25) is 0 Å². The van der Waals surface area contributed by atoms with Crippen LogP contribution in [0.1, 0.15) is 55.4 Å². The van der Waals surface area contributed by atoms with Gasteiger partial charge in [0.05, 0.1) is 12.2 Å². The van der Waals surface area contributed by atoms with Crippen LogP contribution >= 0.6 is 0 Å². The molecule has 0 N–H and O–H groups in total. The molecule has 2 aromatic heterocycles. The van der Waals surface area contributed by atoms with Gasteiger partial charge in [-0.15, -0.1) is 0 Å². The van der Waals surface area contributed by atoms with Gasteiger partial charge in [-0.05, 0) is 30.7 Å². The third-order valence-electron chi connectivity index (χ3n) is 4.88. The highest BCUT2D eigenvalue weighted by Gasteiger charge is 2.48. The second-order valence-electron chi connectivity index (χ2n) is 6.49. The topological polar surface area (TPSA) is 77.1 Å². The molecule has 4 rings (SSSR count). The van der Waals surface area contributed by atoms with Crippen LogP contribution in [0.4, 0.5) is 0 Å². The average molecular weight is 315 g/mol. The van der Waals surface area contributed by atoms with E-state index in [1.807, 2.05) is 31.3 Å². The number of hydrogen-bond donors (Lipinski definition) is 0. The number of hydrogen-bond acceptors (Lipinski definition) is 5. The maximum absolute atomic E-state index is 12.9. The summed E-state index contributed by atoms with van der Waals surface area (Å²) in [5.41, 5.74) is 1.16.